The highest BCUT2D eigenvalue weighted by molar-refractivity contribution is 8.18. The van der Waals surface area contributed by atoms with E-state index in [9.17, 15) is 4.79 Å². The van der Waals surface area contributed by atoms with Gasteiger partial charge in [0.25, 0.3) is 5.91 Å². The topological polar surface area (TPSA) is 44.7 Å². The molecule has 1 amide bonds. The molecule has 1 fully saturated rings. The van der Waals surface area contributed by atoms with Crippen molar-refractivity contribution >= 4 is 57.5 Å². The van der Waals surface area contributed by atoms with Gasteiger partial charge in [-0.05, 0) is 93.1 Å². The highest BCUT2D eigenvalue weighted by Crippen LogP contribution is 2.39. The molecule has 2 aromatic carbocycles. The Labute approximate surface area is 186 Å². The first-order chi connectivity index (χ1) is 14.3. The number of amides is 1. The van der Waals surface area contributed by atoms with Crippen molar-refractivity contribution in [3.63, 3.8) is 0 Å². The number of hydrogen-bond donors (Lipinski definition) is 1. The van der Waals surface area contributed by atoms with Crippen LogP contribution in [0.5, 0.6) is 0 Å². The number of hydrogen-bond acceptors (Lipinski definition) is 4. The van der Waals surface area contributed by atoms with Gasteiger partial charge in [0.05, 0.1) is 16.1 Å². The second-order valence-corrected chi connectivity index (χ2v) is 9.43. The highest BCUT2D eigenvalue weighted by atomic mass is 35.5. The molecule has 0 atom stereocenters. The molecule has 1 saturated heterocycles. The Kier molecular flexibility index (Phi) is 5.51. The standard InChI is InChI=1S/C24H24ClN3OS/c1-5-28-20-11-6-16(12-19(20)15(2)14-24(28,3)4)13-21-22(29)27-23(30-21)26-18-9-7-17(25)8-10-18/h6-14H,5H2,1-4H3,(H,26,27,29)/b21-13-. The monoisotopic (exact) mass is 437 g/mol. The number of allylic oxidation sites excluding steroid dienone is 1. The number of fused-ring (bicyclic) bond motifs is 1. The molecule has 2 aliphatic heterocycles. The van der Waals surface area contributed by atoms with E-state index in [1.54, 1.807) is 12.1 Å². The largest absolute Gasteiger partial charge is 0.363 e. The predicted molar refractivity (Wildman–Crippen MR) is 129 cm³/mol. The first-order valence-corrected chi connectivity index (χ1v) is 11.1. The van der Waals surface area contributed by atoms with Crippen LogP contribution in [0, 0.1) is 0 Å². The lowest BCUT2D eigenvalue weighted by Gasteiger charge is -2.42. The number of thioether (sulfide) groups is 1. The minimum absolute atomic E-state index is 0.0139. The highest BCUT2D eigenvalue weighted by Gasteiger charge is 2.30. The van der Waals surface area contributed by atoms with E-state index in [0.717, 1.165) is 17.8 Å². The van der Waals surface area contributed by atoms with Crippen LogP contribution in [-0.4, -0.2) is 23.2 Å². The molecule has 0 aromatic heterocycles. The Morgan fingerprint density at radius 3 is 2.63 bits per heavy atom. The van der Waals surface area contributed by atoms with Crippen molar-refractivity contribution in [2.45, 2.75) is 33.2 Å². The van der Waals surface area contributed by atoms with Crippen LogP contribution < -0.4 is 10.2 Å². The molecule has 0 saturated carbocycles. The third kappa shape index (κ3) is 4.05. The summed E-state index contributed by atoms with van der Waals surface area (Å²) in [6.45, 7) is 9.74. The average molecular weight is 438 g/mol. The minimum Gasteiger partial charge on any atom is -0.363 e. The number of carbonyl (C=O) groups is 1. The molecule has 4 nitrogen and oxygen atoms in total. The smallest absolute Gasteiger partial charge is 0.264 e. The molecule has 4 rings (SSSR count). The Morgan fingerprint density at radius 2 is 1.93 bits per heavy atom. The number of carbonyl (C=O) groups excluding carboxylic acids is 1. The van der Waals surface area contributed by atoms with Gasteiger partial charge in [-0.2, -0.15) is 0 Å². The van der Waals surface area contributed by atoms with Crippen LogP contribution in [0.25, 0.3) is 11.6 Å². The molecule has 0 aliphatic carbocycles. The molecule has 154 valence electrons. The normalized spacial score (nSPS) is 20.4. The number of rotatable bonds is 3. The zero-order valence-corrected chi connectivity index (χ0v) is 19.1. The molecule has 0 radical (unpaired) electrons. The molecule has 2 heterocycles. The minimum atomic E-state index is -0.131. The van der Waals surface area contributed by atoms with Crippen molar-refractivity contribution in [1.29, 1.82) is 0 Å². The van der Waals surface area contributed by atoms with E-state index in [4.69, 9.17) is 11.6 Å². The molecule has 30 heavy (non-hydrogen) atoms. The maximum Gasteiger partial charge on any atom is 0.264 e. The van der Waals surface area contributed by atoms with Gasteiger partial charge in [0.1, 0.15) is 0 Å². The molecule has 0 spiro atoms. The van der Waals surface area contributed by atoms with Gasteiger partial charge in [0.2, 0.25) is 0 Å². The summed E-state index contributed by atoms with van der Waals surface area (Å²) >= 11 is 7.27. The third-order valence-electron chi connectivity index (χ3n) is 5.32. The number of nitrogens with zero attached hydrogens (tertiary/aromatic N) is 2. The van der Waals surface area contributed by atoms with Crippen LogP contribution in [0.1, 0.15) is 38.8 Å². The van der Waals surface area contributed by atoms with Gasteiger partial charge in [-0.15, -0.1) is 0 Å². The van der Waals surface area contributed by atoms with Gasteiger partial charge < -0.3 is 10.2 Å². The van der Waals surface area contributed by atoms with E-state index in [0.29, 0.717) is 15.1 Å². The van der Waals surface area contributed by atoms with Crippen molar-refractivity contribution in [2.75, 3.05) is 11.4 Å². The van der Waals surface area contributed by atoms with Crippen LogP contribution in [0.2, 0.25) is 5.02 Å². The van der Waals surface area contributed by atoms with E-state index in [2.05, 4.69) is 67.2 Å². The molecule has 2 aliphatic rings. The van der Waals surface area contributed by atoms with Gasteiger partial charge in [-0.1, -0.05) is 23.7 Å². The Morgan fingerprint density at radius 1 is 1.20 bits per heavy atom. The fourth-order valence-electron chi connectivity index (χ4n) is 4.03. The van der Waals surface area contributed by atoms with Gasteiger partial charge in [-0.25, -0.2) is 4.99 Å². The summed E-state index contributed by atoms with van der Waals surface area (Å²) in [6.07, 6.45) is 4.23. The number of halogens is 1. The summed E-state index contributed by atoms with van der Waals surface area (Å²) in [5.74, 6) is -0.131. The number of benzene rings is 2. The van der Waals surface area contributed by atoms with Gasteiger partial charge >= 0.3 is 0 Å². The van der Waals surface area contributed by atoms with E-state index in [-0.39, 0.29) is 11.4 Å². The molecule has 0 unspecified atom stereocenters. The molecule has 1 N–H and O–H groups in total. The van der Waals surface area contributed by atoms with Crippen molar-refractivity contribution < 1.29 is 4.79 Å². The number of anilines is 1. The van der Waals surface area contributed by atoms with E-state index in [1.165, 1.54) is 28.6 Å². The van der Waals surface area contributed by atoms with Crippen LogP contribution >= 0.6 is 23.4 Å². The van der Waals surface area contributed by atoms with Crippen molar-refractivity contribution in [1.82, 2.24) is 5.32 Å². The number of aliphatic imine (C=N–C) groups is 1. The molecule has 0 bridgehead atoms. The van der Waals surface area contributed by atoms with Crippen LogP contribution in [0.4, 0.5) is 11.4 Å². The summed E-state index contributed by atoms with van der Waals surface area (Å²) in [7, 11) is 0. The Bertz CT molecular complexity index is 1100. The molecular formula is C24H24ClN3OS. The fourth-order valence-corrected chi connectivity index (χ4v) is 5.00. The third-order valence-corrected chi connectivity index (χ3v) is 6.49. The van der Waals surface area contributed by atoms with Crippen LogP contribution in [-0.2, 0) is 4.79 Å². The van der Waals surface area contributed by atoms with Crippen molar-refractivity contribution in [2.24, 2.45) is 4.99 Å². The maximum atomic E-state index is 12.4. The number of amidine groups is 1. The summed E-state index contributed by atoms with van der Waals surface area (Å²) in [6, 6.07) is 13.6. The lowest BCUT2D eigenvalue weighted by Crippen LogP contribution is -2.44. The van der Waals surface area contributed by atoms with Crippen LogP contribution in [0.3, 0.4) is 0 Å². The fraction of sp³-hybridized carbons (Fsp3) is 0.250. The van der Waals surface area contributed by atoms with Crippen molar-refractivity contribution in [3.05, 3.63) is 69.6 Å². The SMILES string of the molecule is CCN1c2ccc(/C=C3\SC(=Nc4ccc(Cl)cc4)NC3=O)cc2C(C)=CC1(C)C. The number of nitrogens with one attached hydrogen (secondary N) is 1. The lowest BCUT2D eigenvalue weighted by atomic mass is 9.88. The molecular weight excluding hydrogens is 414 g/mol. The Hall–Kier alpha value is -2.50. The second kappa shape index (κ2) is 7.97. The van der Waals surface area contributed by atoms with E-state index < -0.39 is 0 Å². The first-order valence-electron chi connectivity index (χ1n) is 9.93. The van der Waals surface area contributed by atoms with E-state index in [1.807, 2.05) is 18.2 Å². The molecule has 6 heteroatoms. The maximum absolute atomic E-state index is 12.4. The van der Waals surface area contributed by atoms with Crippen molar-refractivity contribution in [3.8, 4) is 0 Å². The zero-order chi connectivity index (χ0) is 21.5. The first kappa shape index (κ1) is 20.8. The summed E-state index contributed by atoms with van der Waals surface area (Å²) < 4.78 is 0. The summed E-state index contributed by atoms with van der Waals surface area (Å²) in [5, 5.41) is 4.07. The van der Waals surface area contributed by atoms with Crippen LogP contribution in [0.15, 0.2) is 58.4 Å². The van der Waals surface area contributed by atoms with Gasteiger partial charge in [-0.3, -0.25) is 4.79 Å². The average Bonchev–Trinajstić information content (AvgIpc) is 3.02. The lowest BCUT2D eigenvalue weighted by molar-refractivity contribution is -0.115. The van der Waals surface area contributed by atoms with Gasteiger partial charge in [0.15, 0.2) is 5.17 Å². The summed E-state index contributed by atoms with van der Waals surface area (Å²) in [4.78, 5) is 20.0. The van der Waals surface area contributed by atoms with Gasteiger partial charge in [0, 0.05) is 22.8 Å². The predicted octanol–water partition coefficient (Wildman–Crippen LogP) is 6.25. The number of likely N-dealkylation sites (N-methyl/N-ethyl adjacent to an activating group) is 1. The quantitative estimate of drug-likeness (QED) is 0.577. The zero-order valence-electron chi connectivity index (χ0n) is 17.5. The second-order valence-electron chi connectivity index (χ2n) is 7.96. The molecule has 2 aromatic rings. The van der Waals surface area contributed by atoms with E-state index >= 15 is 0 Å². The summed E-state index contributed by atoms with van der Waals surface area (Å²) in [5.41, 5.74) is 5.44. The Balaban J connectivity index is 1.62.